The molecule has 2 aromatic rings. The number of allylic oxidation sites excluding steroid dienone is 2. The van der Waals surface area contributed by atoms with Crippen LogP contribution in [0.4, 0.5) is 8.78 Å². The molecule has 0 aromatic heterocycles. The minimum Gasteiger partial charge on any atom is -0.289 e. The van der Waals surface area contributed by atoms with E-state index in [1.807, 2.05) is 24.3 Å². The van der Waals surface area contributed by atoms with Gasteiger partial charge in [-0.25, -0.2) is 8.78 Å². The topological polar surface area (TPSA) is 17.1 Å². The number of benzene rings is 2. The van der Waals surface area contributed by atoms with Crippen LogP contribution in [0.3, 0.4) is 0 Å². The van der Waals surface area contributed by atoms with Crippen LogP contribution in [0.5, 0.6) is 0 Å². The van der Waals surface area contributed by atoms with Crippen LogP contribution in [0, 0.1) is 11.6 Å². The molecule has 0 aliphatic heterocycles. The molecule has 2 aromatic carbocycles. The molecule has 3 heteroatoms. The van der Waals surface area contributed by atoms with Gasteiger partial charge in [0.05, 0.1) is 5.56 Å². The van der Waals surface area contributed by atoms with Crippen molar-refractivity contribution < 1.29 is 13.6 Å². The Hall–Kier alpha value is -2.29. The van der Waals surface area contributed by atoms with Crippen LogP contribution in [-0.2, 0) is 6.42 Å². The smallest absolute Gasteiger partial charge is 0.189 e. The Morgan fingerprint density at radius 2 is 1.86 bits per heavy atom. The summed E-state index contributed by atoms with van der Waals surface area (Å²) in [6, 6.07) is 10.8. The second-order valence-corrected chi connectivity index (χ2v) is 5.17. The SMILES string of the molecule is O=C(/C=C1/CCCc2ccccc21)c1cc(F)ccc1F. The number of carbonyl (C=O) groups excluding carboxylic acids is 1. The lowest BCUT2D eigenvalue weighted by Gasteiger charge is -2.18. The highest BCUT2D eigenvalue weighted by Gasteiger charge is 2.16. The van der Waals surface area contributed by atoms with Gasteiger partial charge in [-0.05, 0) is 60.2 Å². The highest BCUT2D eigenvalue weighted by Crippen LogP contribution is 2.30. The summed E-state index contributed by atoms with van der Waals surface area (Å²) in [7, 11) is 0. The number of hydrogen-bond acceptors (Lipinski definition) is 1. The van der Waals surface area contributed by atoms with Crippen molar-refractivity contribution in [2.45, 2.75) is 19.3 Å². The van der Waals surface area contributed by atoms with Crippen LogP contribution >= 0.6 is 0 Å². The Kier molecular flexibility index (Phi) is 3.65. The predicted molar refractivity (Wildman–Crippen MR) is 78.0 cm³/mol. The summed E-state index contributed by atoms with van der Waals surface area (Å²) < 4.78 is 26.8. The zero-order valence-electron chi connectivity index (χ0n) is 11.4. The van der Waals surface area contributed by atoms with Gasteiger partial charge in [-0.2, -0.15) is 0 Å². The summed E-state index contributed by atoms with van der Waals surface area (Å²) >= 11 is 0. The maximum Gasteiger partial charge on any atom is 0.189 e. The van der Waals surface area contributed by atoms with Crippen molar-refractivity contribution in [1.82, 2.24) is 0 Å². The summed E-state index contributed by atoms with van der Waals surface area (Å²) in [5.41, 5.74) is 2.91. The van der Waals surface area contributed by atoms with Gasteiger partial charge in [-0.1, -0.05) is 24.3 Å². The first-order valence-corrected chi connectivity index (χ1v) is 6.93. The normalized spacial score (nSPS) is 15.8. The Bertz CT molecular complexity index is 732. The van der Waals surface area contributed by atoms with E-state index < -0.39 is 17.4 Å². The lowest BCUT2D eigenvalue weighted by Crippen LogP contribution is -2.05. The van der Waals surface area contributed by atoms with Gasteiger partial charge in [0.25, 0.3) is 0 Å². The molecule has 1 aliphatic carbocycles. The van der Waals surface area contributed by atoms with Crippen molar-refractivity contribution in [3.8, 4) is 0 Å². The van der Waals surface area contributed by atoms with Gasteiger partial charge in [0, 0.05) is 0 Å². The van der Waals surface area contributed by atoms with Crippen molar-refractivity contribution in [3.05, 3.63) is 76.9 Å². The maximum atomic E-state index is 13.7. The summed E-state index contributed by atoms with van der Waals surface area (Å²) in [5, 5.41) is 0. The molecule has 21 heavy (non-hydrogen) atoms. The van der Waals surface area contributed by atoms with Gasteiger partial charge in [-0.15, -0.1) is 0 Å². The van der Waals surface area contributed by atoms with Crippen LogP contribution in [0.15, 0.2) is 48.5 Å². The van der Waals surface area contributed by atoms with E-state index in [1.54, 1.807) is 0 Å². The molecule has 0 fully saturated rings. The van der Waals surface area contributed by atoms with Gasteiger partial charge < -0.3 is 0 Å². The first kappa shape index (κ1) is 13.7. The first-order valence-electron chi connectivity index (χ1n) is 6.93. The Labute approximate surface area is 121 Å². The van der Waals surface area contributed by atoms with Gasteiger partial charge in [-0.3, -0.25) is 4.79 Å². The lowest BCUT2D eigenvalue weighted by molar-refractivity contribution is 0.104. The van der Waals surface area contributed by atoms with Crippen LogP contribution in [0.25, 0.3) is 5.57 Å². The molecule has 0 amide bonds. The fourth-order valence-corrected chi connectivity index (χ4v) is 2.73. The fraction of sp³-hybridized carbons (Fsp3) is 0.167. The highest BCUT2D eigenvalue weighted by atomic mass is 19.1. The van der Waals surface area contributed by atoms with Gasteiger partial charge >= 0.3 is 0 Å². The Balaban J connectivity index is 1.99. The standard InChI is InChI=1S/C18H14F2O/c19-14-8-9-17(20)16(11-14)18(21)10-13-6-3-5-12-4-1-2-7-15(12)13/h1-2,4,7-11H,3,5-6H2/b13-10-. The molecule has 0 atom stereocenters. The second kappa shape index (κ2) is 5.60. The molecule has 0 unspecified atom stereocenters. The van der Waals surface area contributed by atoms with E-state index >= 15 is 0 Å². The van der Waals surface area contributed by atoms with E-state index in [1.165, 1.54) is 11.6 Å². The van der Waals surface area contributed by atoms with Crippen molar-refractivity contribution in [1.29, 1.82) is 0 Å². The van der Waals surface area contributed by atoms with Crippen LogP contribution in [0.1, 0.15) is 34.3 Å². The van der Waals surface area contributed by atoms with Crippen molar-refractivity contribution in [2.24, 2.45) is 0 Å². The molecule has 1 nitrogen and oxygen atoms in total. The summed E-state index contributed by atoms with van der Waals surface area (Å²) in [6.45, 7) is 0. The van der Waals surface area contributed by atoms with E-state index in [4.69, 9.17) is 0 Å². The van der Waals surface area contributed by atoms with Crippen molar-refractivity contribution >= 4 is 11.4 Å². The number of fused-ring (bicyclic) bond motifs is 1. The number of halogens is 2. The van der Waals surface area contributed by atoms with Gasteiger partial charge in [0.15, 0.2) is 5.78 Å². The minimum absolute atomic E-state index is 0.217. The number of ketones is 1. The monoisotopic (exact) mass is 284 g/mol. The molecule has 0 heterocycles. The number of carbonyl (C=O) groups is 1. The van der Waals surface area contributed by atoms with E-state index in [-0.39, 0.29) is 5.56 Å². The molecule has 106 valence electrons. The number of rotatable bonds is 2. The summed E-state index contributed by atoms with van der Waals surface area (Å²) in [5.74, 6) is -1.79. The van der Waals surface area contributed by atoms with E-state index in [9.17, 15) is 13.6 Å². The van der Waals surface area contributed by atoms with E-state index in [2.05, 4.69) is 0 Å². The molecule has 0 bridgehead atoms. The molecule has 1 aliphatic rings. The van der Waals surface area contributed by atoms with Crippen LogP contribution < -0.4 is 0 Å². The molecule has 0 radical (unpaired) electrons. The van der Waals surface area contributed by atoms with Crippen molar-refractivity contribution in [2.75, 3.05) is 0 Å². The van der Waals surface area contributed by atoms with E-state index in [0.717, 1.165) is 48.6 Å². The maximum absolute atomic E-state index is 13.7. The Morgan fingerprint density at radius 3 is 2.71 bits per heavy atom. The minimum atomic E-state index is -0.692. The fourth-order valence-electron chi connectivity index (χ4n) is 2.73. The third-order valence-electron chi connectivity index (χ3n) is 3.75. The Morgan fingerprint density at radius 1 is 1.05 bits per heavy atom. The largest absolute Gasteiger partial charge is 0.289 e. The average molecular weight is 284 g/mol. The highest BCUT2D eigenvalue weighted by molar-refractivity contribution is 6.08. The van der Waals surface area contributed by atoms with Crippen LogP contribution in [-0.4, -0.2) is 5.78 Å². The molecule has 0 saturated heterocycles. The third-order valence-corrected chi connectivity index (χ3v) is 3.75. The summed E-state index contributed by atoms with van der Waals surface area (Å²) in [4.78, 5) is 12.2. The van der Waals surface area contributed by atoms with Crippen LogP contribution in [0.2, 0.25) is 0 Å². The molecule has 3 rings (SSSR count). The third kappa shape index (κ3) is 2.77. The predicted octanol–water partition coefficient (Wildman–Crippen LogP) is 4.57. The zero-order valence-corrected chi connectivity index (χ0v) is 11.4. The second-order valence-electron chi connectivity index (χ2n) is 5.17. The average Bonchev–Trinajstić information content (AvgIpc) is 2.50. The lowest BCUT2D eigenvalue weighted by atomic mass is 9.86. The molecule has 0 saturated carbocycles. The molecule has 0 N–H and O–H groups in total. The molecular formula is C18H14F2O. The summed E-state index contributed by atoms with van der Waals surface area (Å²) in [6.07, 6.45) is 4.16. The van der Waals surface area contributed by atoms with Crippen molar-refractivity contribution in [3.63, 3.8) is 0 Å². The molecule has 0 spiro atoms. The number of aryl methyl sites for hydroxylation is 1. The van der Waals surface area contributed by atoms with Gasteiger partial charge in [0.2, 0.25) is 0 Å². The first-order chi connectivity index (χ1) is 10.1. The molecular weight excluding hydrogens is 270 g/mol. The number of hydrogen-bond donors (Lipinski definition) is 0. The quantitative estimate of drug-likeness (QED) is 0.583. The van der Waals surface area contributed by atoms with E-state index in [0.29, 0.717) is 0 Å². The van der Waals surface area contributed by atoms with Gasteiger partial charge in [0.1, 0.15) is 11.6 Å². The zero-order chi connectivity index (χ0) is 14.8.